The lowest BCUT2D eigenvalue weighted by Crippen LogP contribution is -2.00. The summed E-state index contributed by atoms with van der Waals surface area (Å²) in [6.07, 6.45) is 0.752. The molecule has 0 amide bonds. The highest BCUT2D eigenvalue weighted by Gasteiger charge is 2.19. The molecule has 1 aromatic carbocycles. The zero-order valence-electron chi connectivity index (χ0n) is 13.6. The predicted octanol–water partition coefficient (Wildman–Crippen LogP) is 3.38. The minimum atomic E-state index is -0.0285. The molecule has 0 bridgehead atoms. The van der Waals surface area contributed by atoms with Crippen LogP contribution in [-0.2, 0) is 6.42 Å². The normalized spacial score (nSPS) is 13.0. The van der Waals surface area contributed by atoms with E-state index in [0.29, 0.717) is 17.5 Å². The van der Waals surface area contributed by atoms with Gasteiger partial charge in [0, 0.05) is 11.8 Å². The summed E-state index contributed by atoms with van der Waals surface area (Å²) in [6.45, 7) is 5.90. The first-order chi connectivity index (χ1) is 11.7. The van der Waals surface area contributed by atoms with Crippen molar-refractivity contribution in [3.8, 4) is 0 Å². The van der Waals surface area contributed by atoms with E-state index in [1.807, 2.05) is 45.0 Å². The molecule has 0 aliphatic rings. The summed E-state index contributed by atoms with van der Waals surface area (Å²) >= 11 is 1.53. The van der Waals surface area contributed by atoms with E-state index in [9.17, 15) is 0 Å². The van der Waals surface area contributed by atoms with E-state index in [1.165, 1.54) is 11.8 Å². The summed E-state index contributed by atoms with van der Waals surface area (Å²) < 4.78 is 7.13. The second kappa shape index (κ2) is 5.86. The highest BCUT2D eigenvalue weighted by atomic mass is 32.2. The molecule has 3 heterocycles. The van der Waals surface area contributed by atoms with Crippen LogP contribution in [0, 0.1) is 6.92 Å². The minimum Gasteiger partial charge on any atom is -0.338 e. The van der Waals surface area contributed by atoms with Crippen LogP contribution >= 0.6 is 11.8 Å². The van der Waals surface area contributed by atoms with Crippen molar-refractivity contribution in [1.82, 2.24) is 29.7 Å². The van der Waals surface area contributed by atoms with Crippen LogP contribution in [-0.4, -0.2) is 29.7 Å². The van der Waals surface area contributed by atoms with Gasteiger partial charge in [0.2, 0.25) is 5.89 Å². The van der Waals surface area contributed by atoms with E-state index in [2.05, 4.69) is 20.2 Å². The Balaban J connectivity index is 1.79. The molecule has 4 aromatic rings. The van der Waals surface area contributed by atoms with Crippen LogP contribution in [0.5, 0.6) is 0 Å². The maximum absolute atomic E-state index is 5.34. The molecule has 4 rings (SSSR count). The summed E-state index contributed by atoms with van der Waals surface area (Å²) in [5, 5.41) is 10.2. The van der Waals surface area contributed by atoms with Crippen molar-refractivity contribution < 1.29 is 4.52 Å². The molecule has 24 heavy (non-hydrogen) atoms. The van der Waals surface area contributed by atoms with Crippen LogP contribution in [0.3, 0.4) is 0 Å². The van der Waals surface area contributed by atoms with Gasteiger partial charge in [-0.3, -0.25) is 0 Å². The molecule has 122 valence electrons. The lowest BCUT2D eigenvalue weighted by molar-refractivity contribution is 0.375. The van der Waals surface area contributed by atoms with E-state index >= 15 is 0 Å². The Labute approximate surface area is 142 Å². The van der Waals surface area contributed by atoms with Crippen molar-refractivity contribution in [3.05, 3.63) is 41.8 Å². The molecular formula is C16H16N6OS. The van der Waals surface area contributed by atoms with Gasteiger partial charge in [0.15, 0.2) is 16.6 Å². The van der Waals surface area contributed by atoms with Gasteiger partial charge in [0.1, 0.15) is 5.82 Å². The van der Waals surface area contributed by atoms with E-state index < -0.39 is 0 Å². The molecule has 0 fully saturated rings. The number of para-hydroxylation sites is 1. The Morgan fingerprint density at radius 3 is 2.83 bits per heavy atom. The summed E-state index contributed by atoms with van der Waals surface area (Å²) in [5.74, 6) is 2.02. The molecule has 3 aromatic heterocycles. The molecule has 0 aliphatic carbocycles. The molecule has 8 heteroatoms. The number of aromatic nitrogens is 6. The molecule has 0 N–H and O–H groups in total. The fraction of sp³-hybridized carbons (Fsp3) is 0.312. The lowest BCUT2D eigenvalue weighted by Gasteiger charge is -2.08. The highest BCUT2D eigenvalue weighted by molar-refractivity contribution is 7.99. The fourth-order valence-corrected chi connectivity index (χ4v) is 3.39. The standard InChI is InChI=1S/C16H16N6OS/c1-4-13-19-15(23-21-13)9(2)24-16-18-12-8-6-5-7-11(12)14-17-10(3)20-22(14)16/h5-9H,4H2,1-3H3. The first-order valence-electron chi connectivity index (χ1n) is 7.77. The molecular weight excluding hydrogens is 324 g/mol. The van der Waals surface area contributed by atoms with Crippen LogP contribution in [0.4, 0.5) is 0 Å². The van der Waals surface area contributed by atoms with Crippen molar-refractivity contribution in [2.24, 2.45) is 0 Å². The second-order valence-electron chi connectivity index (χ2n) is 5.47. The van der Waals surface area contributed by atoms with Gasteiger partial charge in [-0.2, -0.15) is 9.50 Å². The number of hydrogen-bond acceptors (Lipinski definition) is 7. The first-order valence-corrected chi connectivity index (χ1v) is 8.65. The van der Waals surface area contributed by atoms with Gasteiger partial charge in [0.05, 0.1) is 10.8 Å². The van der Waals surface area contributed by atoms with Crippen molar-refractivity contribution in [1.29, 1.82) is 0 Å². The molecule has 0 aliphatic heterocycles. The van der Waals surface area contributed by atoms with Crippen molar-refractivity contribution in [2.75, 3.05) is 0 Å². The molecule has 7 nitrogen and oxygen atoms in total. The minimum absolute atomic E-state index is 0.0285. The van der Waals surface area contributed by atoms with Crippen LogP contribution in [0.25, 0.3) is 16.6 Å². The molecule has 0 radical (unpaired) electrons. The van der Waals surface area contributed by atoms with Gasteiger partial charge in [-0.05, 0) is 26.0 Å². The maximum atomic E-state index is 5.34. The Bertz CT molecular complexity index is 1020. The predicted molar refractivity (Wildman–Crippen MR) is 91.0 cm³/mol. The number of aryl methyl sites for hydroxylation is 2. The number of fused-ring (bicyclic) bond motifs is 3. The third-order valence-electron chi connectivity index (χ3n) is 3.69. The molecule has 0 saturated heterocycles. The van der Waals surface area contributed by atoms with Crippen molar-refractivity contribution >= 4 is 28.3 Å². The monoisotopic (exact) mass is 340 g/mol. The zero-order valence-corrected chi connectivity index (χ0v) is 14.4. The van der Waals surface area contributed by atoms with Gasteiger partial charge in [-0.1, -0.05) is 36.0 Å². The lowest BCUT2D eigenvalue weighted by atomic mass is 10.2. The molecule has 1 atom stereocenters. The SMILES string of the molecule is CCc1noc(C(C)Sc2nc3ccccc3c3nc(C)nn23)n1. The second-order valence-corrected chi connectivity index (χ2v) is 6.78. The number of nitrogens with zero attached hydrogens (tertiary/aromatic N) is 6. The smallest absolute Gasteiger partial charge is 0.239 e. The average Bonchev–Trinajstić information content (AvgIpc) is 3.21. The van der Waals surface area contributed by atoms with Gasteiger partial charge in [-0.25, -0.2) is 9.97 Å². The molecule has 0 spiro atoms. The van der Waals surface area contributed by atoms with Crippen molar-refractivity contribution in [3.63, 3.8) is 0 Å². The van der Waals surface area contributed by atoms with E-state index in [4.69, 9.17) is 9.51 Å². The topological polar surface area (TPSA) is 82.0 Å². The number of rotatable bonds is 4. The van der Waals surface area contributed by atoms with Gasteiger partial charge in [0.25, 0.3) is 0 Å². The Kier molecular flexibility index (Phi) is 3.68. The maximum Gasteiger partial charge on any atom is 0.239 e. The van der Waals surface area contributed by atoms with E-state index in [0.717, 1.165) is 28.1 Å². The van der Waals surface area contributed by atoms with Gasteiger partial charge in [-0.15, -0.1) is 5.10 Å². The van der Waals surface area contributed by atoms with E-state index in [-0.39, 0.29) is 5.25 Å². The fourth-order valence-electron chi connectivity index (χ4n) is 2.49. The van der Waals surface area contributed by atoms with Crippen LogP contribution in [0.2, 0.25) is 0 Å². The summed E-state index contributed by atoms with van der Waals surface area (Å²) in [4.78, 5) is 13.7. The third-order valence-corrected chi connectivity index (χ3v) is 4.72. The average molecular weight is 340 g/mol. The van der Waals surface area contributed by atoms with Gasteiger partial charge >= 0.3 is 0 Å². The number of hydrogen-bond donors (Lipinski definition) is 0. The van der Waals surface area contributed by atoms with Crippen LogP contribution in [0.15, 0.2) is 33.9 Å². The van der Waals surface area contributed by atoms with E-state index in [1.54, 1.807) is 4.52 Å². The quantitative estimate of drug-likeness (QED) is 0.416. The summed E-state index contributed by atoms with van der Waals surface area (Å²) in [6, 6.07) is 7.94. The Hall–Kier alpha value is -2.48. The van der Waals surface area contributed by atoms with Gasteiger partial charge < -0.3 is 4.52 Å². The first kappa shape index (κ1) is 15.1. The molecule has 1 unspecified atom stereocenters. The largest absolute Gasteiger partial charge is 0.338 e. The number of benzene rings is 1. The third kappa shape index (κ3) is 2.52. The summed E-state index contributed by atoms with van der Waals surface area (Å²) in [5.41, 5.74) is 1.71. The summed E-state index contributed by atoms with van der Waals surface area (Å²) in [7, 11) is 0. The van der Waals surface area contributed by atoms with Crippen LogP contribution in [0.1, 0.15) is 36.6 Å². The molecule has 0 saturated carbocycles. The Morgan fingerprint density at radius 1 is 1.21 bits per heavy atom. The van der Waals surface area contributed by atoms with Crippen LogP contribution < -0.4 is 0 Å². The Morgan fingerprint density at radius 2 is 2.04 bits per heavy atom. The number of thioether (sulfide) groups is 1. The highest BCUT2D eigenvalue weighted by Crippen LogP contribution is 2.34. The van der Waals surface area contributed by atoms with Crippen molar-refractivity contribution in [2.45, 2.75) is 37.6 Å². The zero-order chi connectivity index (χ0) is 16.7.